The van der Waals surface area contributed by atoms with Crippen LogP contribution in [0.4, 0.5) is 0 Å². The Labute approximate surface area is 134 Å². The highest BCUT2D eigenvalue weighted by molar-refractivity contribution is 5.78. The number of nitrogens with zero attached hydrogens (tertiary/aromatic N) is 1. The maximum atomic E-state index is 12.2. The van der Waals surface area contributed by atoms with E-state index in [9.17, 15) is 9.90 Å². The molecule has 128 valence electrons. The lowest BCUT2D eigenvalue weighted by atomic mass is 9.92. The van der Waals surface area contributed by atoms with Crippen molar-refractivity contribution in [3.8, 4) is 0 Å². The van der Waals surface area contributed by atoms with Crippen molar-refractivity contribution in [2.24, 2.45) is 5.92 Å². The van der Waals surface area contributed by atoms with Gasteiger partial charge in [0.25, 0.3) is 0 Å². The van der Waals surface area contributed by atoms with Gasteiger partial charge in [-0.15, -0.1) is 0 Å². The largest absolute Gasteiger partial charge is 0.395 e. The molecule has 2 saturated heterocycles. The Morgan fingerprint density at radius 3 is 2.68 bits per heavy atom. The number of likely N-dealkylation sites (tertiary alicyclic amines) is 1. The van der Waals surface area contributed by atoms with Crippen LogP contribution in [0.15, 0.2) is 0 Å². The number of aliphatic hydroxyl groups excluding tert-OH is 1. The van der Waals surface area contributed by atoms with Crippen molar-refractivity contribution < 1.29 is 14.6 Å². The lowest BCUT2D eigenvalue weighted by Gasteiger charge is -2.31. The highest BCUT2D eigenvalue weighted by atomic mass is 16.5. The van der Waals surface area contributed by atoms with Crippen LogP contribution < -0.4 is 5.32 Å². The maximum absolute atomic E-state index is 12.2. The molecular formula is C17H32N2O3. The Hall–Kier alpha value is -0.650. The van der Waals surface area contributed by atoms with Crippen molar-refractivity contribution in [2.45, 2.75) is 70.6 Å². The first-order valence-corrected chi connectivity index (χ1v) is 8.88. The smallest absolute Gasteiger partial charge is 0.223 e. The average molecular weight is 312 g/mol. The maximum Gasteiger partial charge on any atom is 0.223 e. The van der Waals surface area contributed by atoms with Gasteiger partial charge >= 0.3 is 0 Å². The minimum Gasteiger partial charge on any atom is -0.395 e. The van der Waals surface area contributed by atoms with Crippen LogP contribution in [-0.4, -0.2) is 60.4 Å². The summed E-state index contributed by atoms with van der Waals surface area (Å²) >= 11 is 0. The highest BCUT2D eigenvalue weighted by Crippen LogP contribution is 2.24. The molecule has 3 atom stereocenters. The molecule has 0 spiro atoms. The van der Waals surface area contributed by atoms with Crippen molar-refractivity contribution >= 4 is 5.91 Å². The van der Waals surface area contributed by atoms with E-state index >= 15 is 0 Å². The number of ether oxygens (including phenoxy) is 1. The van der Waals surface area contributed by atoms with Gasteiger partial charge < -0.3 is 15.2 Å². The molecule has 0 aromatic heterocycles. The first-order chi connectivity index (χ1) is 10.6. The second-order valence-electron chi connectivity index (χ2n) is 6.94. The molecule has 2 fully saturated rings. The topological polar surface area (TPSA) is 61.8 Å². The minimum absolute atomic E-state index is 0.108. The summed E-state index contributed by atoms with van der Waals surface area (Å²) in [7, 11) is 0. The fraction of sp³-hybridized carbons (Fsp3) is 0.941. The molecule has 22 heavy (non-hydrogen) atoms. The fourth-order valence-electron chi connectivity index (χ4n) is 3.81. The third-order valence-electron chi connectivity index (χ3n) is 4.95. The van der Waals surface area contributed by atoms with Gasteiger partial charge in [-0.1, -0.05) is 0 Å². The molecule has 2 N–H and O–H groups in total. The van der Waals surface area contributed by atoms with Crippen LogP contribution in [0.5, 0.6) is 0 Å². The van der Waals surface area contributed by atoms with E-state index in [0.29, 0.717) is 6.04 Å². The SMILES string of the molecule is CC1CC(C(=O)NCCCCN2CCCC2CO)CC(C)O1. The summed E-state index contributed by atoms with van der Waals surface area (Å²) in [5.74, 6) is 0.299. The second kappa shape index (κ2) is 8.85. The van der Waals surface area contributed by atoms with E-state index in [1.807, 2.05) is 13.8 Å². The molecule has 2 heterocycles. The molecule has 0 saturated carbocycles. The average Bonchev–Trinajstić information content (AvgIpc) is 2.93. The third kappa shape index (κ3) is 5.21. The molecule has 0 bridgehead atoms. The standard InChI is InChI=1S/C17H32N2O3/c1-13-10-15(11-14(2)22-13)17(21)18-7-3-4-8-19-9-5-6-16(19)12-20/h13-16,20H,3-12H2,1-2H3,(H,18,21). The Morgan fingerprint density at radius 2 is 2.00 bits per heavy atom. The van der Waals surface area contributed by atoms with Gasteiger partial charge in [0, 0.05) is 18.5 Å². The summed E-state index contributed by atoms with van der Waals surface area (Å²) in [5, 5.41) is 12.4. The van der Waals surface area contributed by atoms with Crippen LogP contribution in [0.3, 0.4) is 0 Å². The van der Waals surface area contributed by atoms with Crippen molar-refractivity contribution in [1.82, 2.24) is 10.2 Å². The monoisotopic (exact) mass is 312 g/mol. The minimum atomic E-state index is 0.108. The molecule has 2 aliphatic rings. The van der Waals surface area contributed by atoms with Gasteiger partial charge in [-0.3, -0.25) is 9.69 Å². The first kappa shape index (κ1) is 17.7. The number of rotatable bonds is 7. The van der Waals surface area contributed by atoms with Gasteiger partial charge in [0.1, 0.15) is 0 Å². The highest BCUT2D eigenvalue weighted by Gasteiger charge is 2.29. The van der Waals surface area contributed by atoms with Crippen LogP contribution in [0, 0.1) is 5.92 Å². The number of amides is 1. The van der Waals surface area contributed by atoms with E-state index in [1.54, 1.807) is 0 Å². The summed E-state index contributed by atoms with van der Waals surface area (Å²) in [5.41, 5.74) is 0. The van der Waals surface area contributed by atoms with Gasteiger partial charge in [-0.05, 0) is 65.5 Å². The number of hydrogen-bond donors (Lipinski definition) is 2. The zero-order valence-corrected chi connectivity index (χ0v) is 14.1. The van der Waals surface area contributed by atoms with E-state index < -0.39 is 0 Å². The second-order valence-corrected chi connectivity index (χ2v) is 6.94. The summed E-state index contributed by atoms with van der Waals surface area (Å²) in [6, 6.07) is 0.361. The molecule has 0 aromatic carbocycles. The summed E-state index contributed by atoms with van der Waals surface area (Å²) in [4.78, 5) is 14.6. The molecule has 0 aliphatic carbocycles. The summed E-state index contributed by atoms with van der Waals surface area (Å²) in [6.07, 6.45) is 6.45. The fourth-order valence-corrected chi connectivity index (χ4v) is 3.81. The van der Waals surface area contributed by atoms with Crippen LogP contribution in [0.25, 0.3) is 0 Å². The molecule has 5 nitrogen and oxygen atoms in total. The molecular weight excluding hydrogens is 280 g/mol. The van der Waals surface area contributed by atoms with Gasteiger partial charge in [-0.2, -0.15) is 0 Å². The molecule has 3 unspecified atom stereocenters. The van der Waals surface area contributed by atoms with Gasteiger partial charge in [0.2, 0.25) is 5.91 Å². The molecule has 0 aromatic rings. The van der Waals surface area contributed by atoms with Gasteiger partial charge in [0.05, 0.1) is 18.8 Å². The van der Waals surface area contributed by atoms with E-state index in [-0.39, 0.29) is 30.6 Å². The van der Waals surface area contributed by atoms with E-state index in [2.05, 4.69) is 10.2 Å². The zero-order valence-electron chi connectivity index (χ0n) is 14.1. The van der Waals surface area contributed by atoms with Crippen LogP contribution in [0.1, 0.15) is 52.4 Å². The lowest BCUT2D eigenvalue weighted by molar-refractivity contribution is -0.133. The number of aliphatic hydroxyl groups is 1. The predicted octanol–water partition coefficient (Wildman–Crippen LogP) is 1.54. The van der Waals surface area contributed by atoms with Crippen molar-refractivity contribution in [3.63, 3.8) is 0 Å². The van der Waals surface area contributed by atoms with E-state index in [4.69, 9.17) is 4.74 Å². The quantitative estimate of drug-likeness (QED) is 0.700. The Morgan fingerprint density at radius 1 is 1.27 bits per heavy atom. The number of carbonyl (C=O) groups excluding carboxylic acids is 1. The van der Waals surface area contributed by atoms with Gasteiger partial charge in [0.15, 0.2) is 0 Å². The Bertz CT molecular complexity index is 341. The first-order valence-electron chi connectivity index (χ1n) is 8.88. The summed E-state index contributed by atoms with van der Waals surface area (Å²) in [6.45, 7) is 7.27. The lowest BCUT2D eigenvalue weighted by Crippen LogP contribution is -2.39. The predicted molar refractivity (Wildman–Crippen MR) is 86.7 cm³/mol. The van der Waals surface area contributed by atoms with Gasteiger partial charge in [-0.25, -0.2) is 0 Å². The molecule has 2 aliphatic heterocycles. The number of nitrogens with one attached hydrogen (secondary N) is 1. The van der Waals surface area contributed by atoms with Crippen LogP contribution >= 0.6 is 0 Å². The van der Waals surface area contributed by atoms with Crippen molar-refractivity contribution in [3.05, 3.63) is 0 Å². The van der Waals surface area contributed by atoms with E-state index in [0.717, 1.165) is 51.7 Å². The number of hydrogen-bond acceptors (Lipinski definition) is 4. The molecule has 2 rings (SSSR count). The Kier molecular flexibility index (Phi) is 7.12. The van der Waals surface area contributed by atoms with Crippen LogP contribution in [-0.2, 0) is 9.53 Å². The molecule has 1 amide bonds. The van der Waals surface area contributed by atoms with E-state index in [1.165, 1.54) is 6.42 Å². The zero-order chi connectivity index (χ0) is 15.9. The third-order valence-corrected chi connectivity index (χ3v) is 4.95. The van der Waals surface area contributed by atoms with Crippen molar-refractivity contribution in [2.75, 3.05) is 26.2 Å². The Balaban J connectivity index is 1.57. The normalized spacial score (nSPS) is 33.0. The van der Waals surface area contributed by atoms with Crippen LogP contribution in [0.2, 0.25) is 0 Å². The molecule has 0 radical (unpaired) electrons. The number of unbranched alkanes of at least 4 members (excludes halogenated alkanes) is 1. The number of carbonyl (C=O) groups is 1. The van der Waals surface area contributed by atoms with Crippen molar-refractivity contribution in [1.29, 1.82) is 0 Å². The molecule has 5 heteroatoms. The summed E-state index contributed by atoms with van der Waals surface area (Å²) < 4.78 is 5.68.